The number of alkyl halides is 6. The molecule has 1 amide bonds. The summed E-state index contributed by atoms with van der Waals surface area (Å²) in [6.45, 7) is 6.42. The number of rotatable bonds is 7. The smallest absolute Gasteiger partial charge is 0.406 e. The zero-order valence-corrected chi connectivity index (χ0v) is 25.2. The predicted molar refractivity (Wildman–Crippen MR) is 157 cm³/mol. The van der Waals surface area contributed by atoms with E-state index < -0.39 is 24.0 Å². The van der Waals surface area contributed by atoms with Gasteiger partial charge in [-0.15, -0.1) is 13.2 Å². The molecule has 4 aromatic rings. The first kappa shape index (κ1) is 32.4. The number of hydrogen-bond donors (Lipinski definition) is 2. The molecule has 5 rings (SSSR count). The van der Waals surface area contributed by atoms with Crippen molar-refractivity contribution in [3.8, 4) is 5.75 Å². The van der Waals surface area contributed by atoms with Crippen LogP contribution in [0.25, 0.3) is 11.0 Å². The summed E-state index contributed by atoms with van der Waals surface area (Å²) in [5, 5.41) is 5.63. The largest absolute Gasteiger partial charge is 0.573 e. The van der Waals surface area contributed by atoms with Crippen LogP contribution in [0.3, 0.4) is 0 Å². The van der Waals surface area contributed by atoms with E-state index in [-0.39, 0.29) is 40.0 Å². The third-order valence-electron chi connectivity index (χ3n) is 7.69. The highest BCUT2D eigenvalue weighted by molar-refractivity contribution is 6.31. The van der Waals surface area contributed by atoms with Gasteiger partial charge in [-0.3, -0.25) is 9.78 Å². The van der Waals surface area contributed by atoms with Crippen LogP contribution in [0, 0.1) is 11.3 Å². The van der Waals surface area contributed by atoms with Gasteiger partial charge in [0, 0.05) is 23.5 Å². The van der Waals surface area contributed by atoms with Crippen LogP contribution in [0.1, 0.15) is 67.7 Å². The monoisotopic (exact) mass is 653 g/mol. The second-order valence-electron chi connectivity index (χ2n) is 12.1. The summed E-state index contributed by atoms with van der Waals surface area (Å²) >= 11 is 5.98. The first-order chi connectivity index (χ1) is 21.0. The number of nitrogens with zero attached hydrogens (tertiary/aromatic N) is 3. The molecule has 2 N–H and O–H groups in total. The zero-order valence-electron chi connectivity index (χ0n) is 24.5. The van der Waals surface area contributed by atoms with E-state index in [9.17, 15) is 31.1 Å². The van der Waals surface area contributed by atoms with E-state index >= 15 is 0 Å². The van der Waals surface area contributed by atoms with E-state index in [1.54, 1.807) is 18.2 Å². The molecule has 45 heavy (non-hydrogen) atoms. The lowest BCUT2D eigenvalue weighted by atomic mass is 9.70. The molecule has 0 saturated heterocycles. The molecule has 240 valence electrons. The van der Waals surface area contributed by atoms with Crippen molar-refractivity contribution in [3.05, 3.63) is 76.6 Å². The average Bonchev–Trinajstić information content (AvgIpc) is 3.28. The van der Waals surface area contributed by atoms with Crippen molar-refractivity contribution in [1.82, 2.24) is 19.9 Å². The van der Waals surface area contributed by atoms with Crippen LogP contribution in [-0.4, -0.2) is 26.8 Å². The Bertz CT molecular complexity index is 1700. The Balaban J connectivity index is 1.42. The van der Waals surface area contributed by atoms with Crippen LogP contribution in [-0.2, 0) is 12.7 Å². The molecule has 1 saturated carbocycles. The van der Waals surface area contributed by atoms with E-state index in [2.05, 4.69) is 45.7 Å². The third kappa shape index (κ3) is 7.81. The molecule has 0 spiro atoms. The van der Waals surface area contributed by atoms with Gasteiger partial charge >= 0.3 is 12.5 Å². The minimum absolute atomic E-state index is 0.0525. The number of amides is 1. The number of carbonyl (C=O) groups excluding carboxylic acids is 1. The lowest BCUT2D eigenvalue weighted by molar-refractivity contribution is -0.274. The topological polar surface area (TPSA) is 81.1 Å². The number of benzene rings is 2. The minimum Gasteiger partial charge on any atom is -0.406 e. The number of anilines is 2. The first-order valence-corrected chi connectivity index (χ1v) is 14.5. The normalized spacial score (nSPS) is 18.5. The van der Waals surface area contributed by atoms with Crippen LogP contribution >= 0.6 is 11.6 Å². The first-order valence-electron chi connectivity index (χ1n) is 14.1. The summed E-state index contributed by atoms with van der Waals surface area (Å²) in [6.07, 6.45) is -5.95. The molecule has 1 aliphatic carbocycles. The molecule has 1 fully saturated rings. The molecule has 7 nitrogen and oxygen atoms in total. The molecule has 2 aromatic heterocycles. The average molecular weight is 654 g/mol. The van der Waals surface area contributed by atoms with Crippen LogP contribution in [0.2, 0.25) is 5.02 Å². The third-order valence-corrected chi connectivity index (χ3v) is 8.01. The standard InChI is InChI=1S/C31H30ClF6N5O2/c1-17-10-21(14-29(2,3)13-17)43-26-9-4-18(27(44)40-16-25-23(32)12-19(15-39-25)30(33,34)35)11-24(26)42-28(43)41-20-5-7-22(8-6-20)45-31(36,37)38/h4-9,11-12,15,17,21H,10,13-14,16H2,1-3H3,(H,40,44)(H,41,42)/t17-,21+/m1/s1. The van der Waals surface area contributed by atoms with Crippen molar-refractivity contribution in [3.63, 3.8) is 0 Å². The van der Waals surface area contributed by atoms with Crippen LogP contribution in [0.5, 0.6) is 5.75 Å². The Morgan fingerprint density at radius 2 is 1.78 bits per heavy atom. The minimum atomic E-state index is -4.81. The van der Waals surface area contributed by atoms with Gasteiger partial charge in [-0.1, -0.05) is 32.4 Å². The molecule has 2 aromatic carbocycles. The molecular weight excluding hydrogens is 624 g/mol. The lowest BCUT2D eigenvalue weighted by Gasteiger charge is -2.40. The molecule has 0 unspecified atom stereocenters. The van der Waals surface area contributed by atoms with Crippen molar-refractivity contribution >= 4 is 40.2 Å². The summed E-state index contributed by atoms with van der Waals surface area (Å²) in [4.78, 5) is 21.6. The Kier molecular flexibility index (Phi) is 8.69. The fourth-order valence-corrected chi connectivity index (χ4v) is 6.31. The van der Waals surface area contributed by atoms with Gasteiger partial charge in [0.2, 0.25) is 5.95 Å². The summed E-state index contributed by atoms with van der Waals surface area (Å²) in [5.41, 5.74) is 1.15. The maximum Gasteiger partial charge on any atom is 0.573 e. The Hall–Kier alpha value is -4.00. The number of nitrogens with one attached hydrogen (secondary N) is 2. The van der Waals surface area contributed by atoms with E-state index in [1.165, 1.54) is 24.3 Å². The molecule has 0 radical (unpaired) electrons. The molecule has 2 atom stereocenters. The molecule has 2 heterocycles. The van der Waals surface area contributed by atoms with Gasteiger partial charge in [0.15, 0.2) is 0 Å². The van der Waals surface area contributed by atoms with Gasteiger partial charge in [-0.2, -0.15) is 13.2 Å². The summed E-state index contributed by atoms with van der Waals surface area (Å²) < 4.78 is 82.7. The zero-order chi connectivity index (χ0) is 32.7. The van der Waals surface area contributed by atoms with Crippen molar-refractivity contribution in [2.75, 3.05) is 5.32 Å². The van der Waals surface area contributed by atoms with Crippen LogP contribution in [0.15, 0.2) is 54.7 Å². The number of aromatic nitrogens is 3. The maximum atomic E-state index is 13.0. The number of hydrogen-bond acceptors (Lipinski definition) is 5. The summed E-state index contributed by atoms with van der Waals surface area (Å²) in [6, 6.07) is 11.1. The molecule has 0 bridgehead atoms. The molecular formula is C31H30ClF6N5O2. The maximum absolute atomic E-state index is 13.0. The van der Waals surface area contributed by atoms with Gasteiger partial charge in [0.05, 0.1) is 33.9 Å². The number of imidazole rings is 1. The summed E-state index contributed by atoms with van der Waals surface area (Å²) in [7, 11) is 0. The quantitative estimate of drug-likeness (QED) is 0.195. The van der Waals surface area contributed by atoms with Crippen LogP contribution in [0.4, 0.5) is 38.0 Å². The number of pyridine rings is 1. The number of fused-ring (bicyclic) bond motifs is 1. The Labute approximate surface area is 259 Å². The van der Waals surface area contributed by atoms with E-state index in [1.807, 2.05) is 0 Å². The van der Waals surface area contributed by atoms with Crippen molar-refractivity contribution in [2.24, 2.45) is 11.3 Å². The van der Waals surface area contributed by atoms with Crippen molar-refractivity contribution in [1.29, 1.82) is 0 Å². The van der Waals surface area contributed by atoms with Gasteiger partial charge in [0.1, 0.15) is 5.75 Å². The van der Waals surface area contributed by atoms with Gasteiger partial charge in [-0.25, -0.2) is 4.98 Å². The highest BCUT2D eigenvalue weighted by Gasteiger charge is 2.35. The van der Waals surface area contributed by atoms with Crippen LogP contribution < -0.4 is 15.4 Å². The summed E-state index contributed by atoms with van der Waals surface area (Å²) in [5.74, 6) is 0.0282. The highest BCUT2D eigenvalue weighted by atomic mass is 35.5. The van der Waals surface area contributed by atoms with E-state index in [0.29, 0.717) is 29.3 Å². The Morgan fingerprint density at radius 3 is 2.40 bits per heavy atom. The number of halogens is 7. The molecule has 0 aliphatic heterocycles. The van der Waals surface area contributed by atoms with Crippen molar-refractivity contribution < 1.29 is 35.9 Å². The van der Waals surface area contributed by atoms with Gasteiger partial charge < -0.3 is 19.9 Å². The number of ether oxygens (including phenoxy) is 1. The van der Waals surface area contributed by atoms with Crippen molar-refractivity contribution in [2.45, 2.75) is 65.2 Å². The number of carbonyl (C=O) groups is 1. The SMILES string of the molecule is C[C@@H]1C[C@H](n2c(Nc3ccc(OC(F)(F)F)cc3)nc3cc(C(=O)NCc4ncc(C(F)(F)F)cc4Cl)ccc32)CC(C)(C)C1. The highest BCUT2D eigenvalue weighted by Crippen LogP contribution is 2.46. The second-order valence-corrected chi connectivity index (χ2v) is 12.5. The fourth-order valence-electron chi connectivity index (χ4n) is 6.08. The van der Waals surface area contributed by atoms with E-state index in [4.69, 9.17) is 16.6 Å². The predicted octanol–water partition coefficient (Wildman–Crippen LogP) is 9.06. The second kappa shape index (κ2) is 12.1. The van der Waals surface area contributed by atoms with E-state index in [0.717, 1.165) is 30.8 Å². The lowest BCUT2D eigenvalue weighted by Crippen LogP contribution is -2.29. The fraction of sp³-hybridized carbons (Fsp3) is 0.387. The Morgan fingerprint density at radius 1 is 1.07 bits per heavy atom. The molecule has 14 heteroatoms. The van der Waals surface area contributed by atoms with Gasteiger partial charge in [0.25, 0.3) is 5.91 Å². The van der Waals surface area contributed by atoms with Gasteiger partial charge in [-0.05, 0) is 79.1 Å². The molecule has 1 aliphatic rings.